The molecule has 1 saturated heterocycles. The highest BCUT2D eigenvalue weighted by molar-refractivity contribution is 8.26. The number of carbonyl (C=O) groups is 2. The Morgan fingerprint density at radius 1 is 1.36 bits per heavy atom. The Morgan fingerprint density at radius 3 is 2.76 bits per heavy atom. The third kappa shape index (κ3) is 3.49. The van der Waals surface area contributed by atoms with Gasteiger partial charge in [-0.3, -0.25) is 9.69 Å². The number of rotatable bonds is 4. The van der Waals surface area contributed by atoms with E-state index >= 15 is 0 Å². The van der Waals surface area contributed by atoms with Crippen LogP contribution in [-0.2, 0) is 9.59 Å². The molecule has 25 heavy (non-hydrogen) atoms. The van der Waals surface area contributed by atoms with Crippen LogP contribution in [-0.4, -0.2) is 32.2 Å². The molecule has 1 aliphatic heterocycles. The Morgan fingerprint density at radius 2 is 2.08 bits per heavy atom. The first-order chi connectivity index (χ1) is 11.9. The second kappa shape index (κ2) is 7.03. The second-order valence-corrected chi connectivity index (χ2v) is 7.33. The predicted molar refractivity (Wildman–Crippen MR) is 101 cm³/mol. The van der Waals surface area contributed by atoms with Gasteiger partial charge in [0.25, 0.3) is 5.91 Å². The lowest BCUT2D eigenvalue weighted by molar-refractivity contribution is -0.144. The van der Waals surface area contributed by atoms with Crippen LogP contribution in [0.3, 0.4) is 0 Å². The summed E-state index contributed by atoms with van der Waals surface area (Å²) >= 11 is 12.3. The number of amides is 1. The summed E-state index contributed by atoms with van der Waals surface area (Å²) < 4.78 is 5.95. The number of carbonyl (C=O) groups excluding carboxylic acids is 1. The molecule has 1 fully saturated rings. The van der Waals surface area contributed by atoms with Gasteiger partial charge in [-0.2, -0.15) is 0 Å². The molecule has 3 rings (SSSR count). The van der Waals surface area contributed by atoms with Gasteiger partial charge in [0, 0.05) is 11.6 Å². The molecule has 128 valence electrons. The molecule has 0 saturated carbocycles. The molecule has 2 heterocycles. The van der Waals surface area contributed by atoms with E-state index in [2.05, 4.69) is 0 Å². The first-order valence-electron chi connectivity index (χ1n) is 7.23. The lowest BCUT2D eigenvalue weighted by atomic mass is 10.2. The maximum atomic E-state index is 12.4. The minimum absolute atomic E-state index is 0.212. The monoisotopic (exact) mass is 393 g/mol. The summed E-state index contributed by atoms with van der Waals surface area (Å²) in [5, 5.41) is 9.66. The number of thioether (sulfide) groups is 1. The standard InChI is InChI=1S/C17H12ClNO4S2/c1-9(16(21)22)19-15(20)14(25-17(19)24)8-10-6-7-13(23-10)11-4-2-3-5-12(11)18/h2-9H,1H3,(H,21,22)/b14-8-. The lowest BCUT2D eigenvalue weighted by Gasteiger charge is -2.18. The van der Waals surface area contributed by atoms with Crippen LogP contribution in [0.5, 0.6) is 0 Å². The number of benzene rings is 1. The third-order valence-electron chi connectivity index (χ3n) is 3.61. The van der Waals surface area contributed by atoms with E-state index in [1.807, 2.05) is 18.2 Å². The van der Waals surface area contributed by atoms with E-state index in [1.165, 1.54) is 6.92 Å². The van der Waals surface area contributed by atoms with E-state index in [-0.39, 0.29) is 4.32 Å². The molecule has 1 aromatic heterocycles. The number of aliphatic carboxylic acids is 1. The molecule has 2 aromatic rings. The Balaban J connectivity index is 1.88. The van der Waals surface area contributed by atoms with Gasteiger partial charge in [-0.05, 0) is 31.2 Å². The van der Waals surface area contributed by atoms with Gasteiger partial charge in [0.15, 0.2) is 0 Å². The van der Waals surface area contributed by atoms with Crippen LogP contribution < -0.4 is 0 Å². The zero-order valence-electron chi connectivity index (χ0n) is 12.9. The number of furan rings is 1. The van der Waals surface area contributed by atoms with Crippen molar-refractivity contribution in [2.75, 3.05) is 0 Å². The minimum atomic E-state index is -1.11. The molecule has 0 spiro atoms. The summed E-state index contributed by atoms with van der Waals surface area (Å²) in [6.07, 6.45) is 1.55. The first-order valence-corrected chi connectivity index (χ1v) is 8.83. The van der Waals surface area contributed by atoms with Gasteiger partial charge in [-0.1, -0.05) is 47.7 Å². The molecule has 1 unspecified atom stereocenters. The van der Waals surface area contributed by atoms with Crippen LogP contribution in [0.25, 0.3) is 17.4 Å². The summed E-state index contributed by atoms with van der Waals surface area (Å²) in [4.78, 5) is 24.9. The molecule has 1 N–H and O–H groups in total. The van der Waals surface area contributed by atoms with Crippen molar-refractivity contribution < 1.29 is 19.1 Å². The largest absolute Gasteiger partial charge is 0.480 e. The van der Waals surface area contributed by atoms with E-state index in [4.69, 9.17) is 33.3 Å². The second-order valence-electron chi connectivity index (χ2n) is 5.25. The van der Waals surface area contributed by atoms with Gasteiger partial charge >= 0.3 is 5.97 Å². The SMILES string of the molecule is CC(C(=O)O)N1C(=O)/C(=C/c2ccc(-c3ccccc3Cl)o2)SC1=S. The van der Waals surface area contributed by atoms with Gasteiger partial charge in [0.2, 0.25) is 0 Å². The highest BCUT2D eigenvalue weighted by atomic mass is 35.5. The van der Waals surface area contributed by atoms with Crippen LogP contribution in [0.4, 0.5) is 0 Å². The van der Waals surface area contributed by atoms with E-state index < -0.39 is 17.9 Å². The zero-order valence-corrected chi connectivity index (χ0v) is 15.3. The number of hydrogen-bond acceptors (Lipinski definition) is 5. The topological polar surface area (TPSA) is 70.8 Å². The summed E-state index contributed by atoms with van der Waals surface area (Å²) in [6.45, 7) is 1.42. The van der Waals surface area contributed by atoms with Gasteiger partial charge < -0.3 is 9.52 Å². The molecule has 1 aliphatic rings. The minimum Gasteiger partial charge on any atom is -0.480 e. The molecule has 5 nitrogen and oxygen atoms in total. The highest BCUT2D eigenvalue weighted by Crippen LogP contribution is 2.35. The highest BCUT2D eigenvalue weighted by Gasteiger charge is 2.38. The van der Waals surface area contributed by atoms with Crippen molar-refractivity contribution in [1.82, 2.24) is 4.90 Å². The van der Waals surface area contributed by atoms with E-state index in [1.54, 1.807) is 24.3 Å². The van der Waals surface area contributed by atoms with Crippen molar-refractivity contribution >= 4 is 57.9 Å². The van der Waals surface area contributed by atoms with Crippen LogP contribution >= 0.6 is 35.6 Å². The fourth-order valence-corrected chi connectivity index (χ4v) is 3.92. The van der Waals surface area contributed by atoms with Gasteiger partial charge in [0.1, 0.15) is 21.9 Å². The average Bonchev–Trinajstić information content (AvgIpc) is 3.13. The molecule has 0 aliphatic carbocycles. The lowest BCUT2D eigenvalue weighted by Crippen LogP contribution is -2.41. The Bertz CT molecular complexity index is 906. The van der Waals surface area contributed by atoms with E-state index in [9.17, 15) is 9.59 Å². The molecular weight excluding hydrogens is 382 g/mol. The third-order valence-corrected chi connectivity index (χ3v) is 5.27. The molecule has 8 heteroatoms. The van der Waals surface area contributed by atoms with Crippen molar-refractivity contribution in [2.24, 2.45) is 0 Å². The predicted octanol–water partition coefficient (Wildman–Crippen LogP) is 4.27. The maximum absolute atomic E-state index is 12.4. The summed E-state index contributed by atoms with van der Waals surface area (Å²) in [5.74, 6) is -0.526. The van der Waals surface area contributed by atoms with Crippen molar-refractivity contribution in [3.8, 4) is 11.3 Å². The number of carboxylic acids is 1. The van der Waals surface area contributed by atoms with Crippen LogP contribution in [0.1, 0.15) is 12.7 Å². The first kappa shape index (κ1) is 17.7. The summed E-state index contributed by atoms with van der Waals surface area (Å²) in [7, 11) is 0. The fourth-order valence-electron chi connectivity index (χ4n) is 2.29. The number of nitrogens with zero attached hydrogens (tertiary/aromatic N) is 1. The smallest absolute Gasteiger partial charge is 0.326 e. The summed E-state index contributed by atoms with van der Waals surface area (Å²) in [6, 6.07) is 9.72. The number of hydrogen-bond donors (Lipinski definition) is 1. The van der Waals surface area contributed by atoms with Crippen LogP contribution in [0.15, 0.2) is 45.7 Å². The number of halogens is 1. The van der Waals surface area contributed by atoms with E-state index in [0.29, 0.717) is 21.4 Å². The average molecular weight is 394 g/mol. The van der Waals surface area contributed by atoms with Crippen molar-refractivity contribution in [1.29, 1.82) is 0 Å². The summed E-state index contributed by atoms with van der Waals surface area (Å²) in [5.41, 5.74) is 0.746. The molecule has 1 amide bonds. The van der Waals surface area contributed by atoms with E-state index in [0.717, 1.165) is 22.2 Å². The van der Waals surface area contributed by atoms with Gasteiger partial charge in [-0.15, -0.1) is 0 Å². The molecule has 1 aromatic carbocycles. The fraction of sp³-hybridized carbons (Fsp3) is 0.118. The van der Waals surface area contributed by atoms with Crippen molar-refractivity contribution in [3.63, 3.8) is 0 Å². The van der Waals surface area contributed by atoms with Gasteiger partial charge in [-0.25, -0.2) is 4.79 Å². The Labute approximate surface area is 158 Å². The Hall–Kier alpha value is -2.09. The molecule has 1 atom stereocenters. The van der Waals surface area contributed by atoms with Crippen molar-refractivity contribution in [3.05, 3.63) is 52.1 Å². The number of carboxylic acid groups (broad SMARTS) is 1. The van der Waals surface area contributed by atoms with Gasteiger partial charge in [0.05, 0.1) is 9.93 Å². The van der Waals surface area contributed by atoms with Crippen molar-refractivity contribution in [2.45, 2.75) is 13.0 Å². The molecule has 0 radical (unpaired) electrons. The normalized spacial score (nSPS) is 17.4. The molecule has 0 bridgehead atoms. The number of thiocarbonyl (C=S) groups is 1. The van der Waals surface area contributed by atoms with Crippen LogP contribution in [0, 0.1) is 0 Å². The zero-order chi connectivity index (χ0) is 18.1. The Kier molecular flexibility index (Phi) is 4.99. The maximum Gasteiger partial charge on any atom is 0.326 e. The van der Waals surface area contributed by atoms with Crippen LogP contribution in [0.2, 0.25) is 5.02 Å². The molecular formula is C17H12ClNO4S2. The quantitative estimate of drug-likeness (QED) is 0.617.